The third kappa shape index (κ3) is 5.06. The van der Waals surface area contributed by atoms with Gasteiger partial charge in [-0.15, -0.1) is 0 Å². The fourth-order valence-electron chi connectivity index (χ4n) is 2.40. The number of pyridine rings is 1. The van der Waals surface area contributed by atoms with Gasteiger partial charge in [0.25, 0.3) is 5.91 Å². The smallest absolute Gasteiger partial charge is 0.422 e. The van der Waals surface area contributed by atoms with Gasteiger partial charge in [0.2, 0.25) is 5.88 Å². The average Bonchev–Trinajstić information content (AvgIpc) is 3.16. The van der Waals surface area contributed by atoms with Crippen LogP contribution in [0.1, 0.15) is 11.6 Å². The van der Waals surface area contributed by atoms with Gasteiger partial charge >= 0.3 is 6.18 Å². The summed E-state index contributed by atoms with van der Waals surface area (Å²) in [5, 5.41) is 6.82. The summed E-state index contributed by atoms with van der Waals surface area (Å²) in [7, 11) is 0. The highest BCUT2D eigenvalue weighted by Crippen LogP contribution is 2.21. The molecular formula is C18H15F3N4O2. The molecule has 27 heavy (non-hydrogen) atoms. The molecule has 1 aromatic carbocycles. The van der Waals surface area contributed by atoms with E-state index in [1.54, 1.807) is 30.6 Å². The summed E-state index contributed by atoms with van der Waals surface area (Å²) in [6.45, 7) is -1.43. The predicted molar refractivity (Wildman–Crippen MR) is 91.2 cm³/mol. The van der Waals surface area contributed by atoms with Crippen molar-refractivity contribution in [1.82, 2.24) is 14.8 Å². The number of carbonyl (C=O) groups excluding carboxylic acids is 1. The van der Waals surface area contributed by atoms with Crippen molar-refractivity contribution >= 4 is 11.6 Å². The number of anilines is 1. The lowest BCUT2D eigenvalue weighted by Gasteiger charge is -2.18. The quantitative estimate of drug-likeness (QED) is 0.716. The number of benzene rings is 1. The summed E-state index contributed by atoms with van der Waals surface area (Å²) in [6.07, 6.45) is 0.0249. The molecule has 1 atom stereocenters. The maximum Gasteiger partial charge on any atom is 0.422 e. The number of ether oxygens (including phenoxy) is 1. The SMILES string of the molecule is O=C(Nc1ccc(OCC(F)(F)F)nc1)C(c1ccccc1)n1cccn1. The highest BCUT2D eigenvalue weighted by Gasteiger charge is 2.28. The van der Waals surface area contributed by atoms with Gasteiger partial charge in [0.15, 0.2) is 12.6 Å². The van der Waals surface area contributed by atoms with E-state index in [1.807, 2.05) is 18.2 Å². The summed E-state index contributed by atoms with van der Waals surface area (Å²) < 4.78 is 42.5. The van der Waals surface area contributed by atoms with Crippen LogP contribution >= 0.6 is 0 Å². The number of hydrogen-bond donors (Lipinski definition) is 1. The second-order valence-corrected chi connectivity index (χ2v) is 5.58. The van der Waals surface area contributed by atoms with Crippen molar-refractivity contribution in [2.75, 3.05) is 11.9 Å². The molecule has 9 heteroatoms. The minimum atomic E-state index is -4.44. The maximum atomic E-state index is 12.8. The molecule has 0 saturated heterocycles. The van der Waals surface area contributed by atoms with Gasteiger partial charge < -0.3 is 10.1 Å². The summed E-state index contributed by atoms with van der Waals surface area (Å²) >= 11 is 0. The summed E-state index contributed by atoms with van der Waals surface area (Å²) in [5.74, 6) is -0.548. The van der Waals surface area contributed by atoms with Crippen molar-refractivity contribution in [2.24, 2.45) is 0 Å². The molecule has 0 fully saturated rings. The number of alkyl halides is 3. The molecule has 2 heterocycles. The van der Waals surface area contributed by atoms with Crippen molar-refractivity contribution in [3.63, 3.8) is 0 Å². The van der Waals surface area contributed by atoms with Gasteiger partial charge in [-0.25, -0.2) is 4.98 Å². The van der Waals surface area contributed by atoms with Crippen LogP contribution in [0.25, 0.3) is 0 Å². The minimum Gasteiger partial charge on any atom is -0.468 e. The van der Waals surface area contributed by atoms with E-state index >= 15 is 0 Å². The zero-order chi connectivity index (χ0) is 19.3. The number of halogens is 3. The first-order valence-corrected chi connectivity index (χ1v) is 7.93. The maximum absolute atomic E-state index is 12.8. The first-order valence-electron chi connectivity index (χ1n) is 7.93. The van der Waals surface area contributed by atoms with E-state index in [2.05, 4.69) is 20.1 Å². The molecule has 2 aromatic heterocycles. The fourth-order valence-corrected chi connectivity index (χ4v) is 2.40. The van der Waals surface area contributed by atoms with E-state index in [0.717, 1.165) is 5.56 Å². The Labute approximate surface area is 152 Å². The Bertz CT molecular complexity index is 866. The van der Waals surface area contributed by atoms with Gasteiger partial charge in [-0.05, 0) is 17.7 Å². The molecule has 1 unspecified atom stereocenters. The van der Waals surface area contributed by atoms with E-state index in [4.69, 9.17) is 0 Å². The Morgan fingerprint density at radius 1 is 1.15 bits per heavy atom. The molecule has 1 N–H and O–H groups in total. The topological polar surface area (TPSA) is 69.0 Å². The molecule has 1 amide bonds. The monoisotopic (exact) mass is 376 g/mol. The van der Waals surface area contributed by atoms with Gasteiger partial charge in [0, 0.05) is 18.5 Å². The van der Waals surface area contributed by atoms with Crippen LogP contribution in [0.15, 0.2) is 67.1 Å². The highest BCUT2D eigenvalue weighted by atomic mass is 19.4. The van der Waals surface area contributed by atoms with E-state index in [9.17, 15) is 18.0 Å². The van der Waals surface area contributed by atoms with Crippen LogP contribution in [-0.2, 0) is 4.79 Å². The lowest BCUT2D eigenvalue weighted by molar-refractivity contribution is -0.154. The molecule has 0 spiro atoms. The second-order valence-electron chi connectivity index (χ2n) is 5.58. The van der Waals surface area contributed by atoms with E-state index < -0.39 is 18.8 Å². The number of carbonyl (C=O) groups is 1. The van der Waals surface area contributed by atoms with Gasteiger partial charge in [-0.2, -0.15) is 18.3 Å². The Balaban J connectivity index is 1.72. The summed E-state index contributed by atoms with van der Waals surface area (Å²) in [5.41, 5.74) is 1.06. The molecular weight excluding hydrogens is 361 g/mol. The van der Waals surface area contributed by atoms with Crippen molar-refractivity contribution in [2.45, 2.75) is 12.2 Å². The lowest BCUT2D eigenvalue weighted by Crippen LogP contribution is -2.27. The Hall–Kier alpha value is -3.36. The molecule has 3 rings (SSSR count). The van der Waals surface area contributed by atoms with Crippen molar-refractivity contribution in [1.29, 1.82) is 0 Å². The van der Waals surface area contributed by atoms with Crippen LogP contribution in [-0.4, -0.2) is 33.5 Å². The summed E-state index contributed by atoms with van der Waals surface area (Å²) in [4.78, 5) is 16.5. The molecule has 0 radical (unpaired) electrons. The molecule has 0 bridgehead atoms. The first-order chi connectivity index (χ1) is 12.9. The number of nitrogens with zero attached hydrogens (tertiary/aromatic N) is 3. The largest absolute Gasteiger partial charge is 0.468 e. The van der Waals surface area contributed by atoms with Gasteiger partial charge in [-0.1, -0.05) is 30.3 Å². The van der Waals surface area contributed by atoms with Gasteiger partial charge in [0.05, 0.1) is 11.9 Å². The fraction of sp³-hybridized carbons (Fsp3) is 0.167. The van der Waals surface area contributed by atoms with Gasteiger partial charge in [-0.3, -0.25) is 9.48 Å². The molecule has 0 aliphatic carbocycles. The van der Waals surface area contributed by atoms with Crippen LogP contribution in [0.5, 0.6) is 5.88 Å². The van der Waals surface area contributed by atoms with E-state index in [-0.39, 0.29) is 11.8 Å². The van der Waals surface area contributed by atoms with Crippen LogP contribution in [0.4, 0.5) is 18.9 Å². The number of hydrogen-bond acceptors (Lipinski definition) is 4. The predicted octanol–water partition coefficient (Wildman–Crippen LogP) is 3.45. The summed E-state index contributed by atoms with van der Waals surface area (Å²) in [6, 6.07) is 12.7. The molecule has 140 valence electrons. The van der Waals surface area contributed by atoms with E-state index in [0.29, 0.717) is 5.69 Å². The van der Waals surface area contributed by atoms with Crippen LogP contribution in [0.3, 0.4) is 0 Å². The minimum absolute atomic E-state index is 0.183. The van der Waals surface area contributed by atoms with Crippen LogP contribution < -0.4 is 10.1 Å². The molecule has 0 saturated carbocycles. The number of amides is 1. The van der Waals surface area contributed by atoms with Crippen LogP contribution in [0, 0.1) is 0 Å². The van der Waals surface area contributed by atoms with Crippen molar-refractivity contribution < 1.29 is 22.7 Å². The molecule has 3 aromatic rings. The number of rotatable bonds is 6. The Morgan fingerprint density at radius 3 is 2.52 bits per heavy atom. The van der Waals surface area contributed by atoms with Crippen molar-refractivity contribution in [3.05, 3.63) is 72.7 Å². The van der Waals surface area contributed by atoms with Crippen molar-refractivity contribution in [3.8, 4) is 5.88 Å². The van der Waals surface area contributed by atoms with E-state index in [1.165, 1.54) is 23.0 Å². The second kappa shape index (κ2) is 7.90. The van der Waals surface area contributed by atoms with Gasteiger partial charge in [0.1, 0.15) is 0 Å². The zero-order valence-corrected chi connectivity index (χ0v) is 13.9. The molecule has 0 aliphatic heterocycles. The lowest BCUT2D eigenvalue weighted by atomic mass is 10.1. The third-order valence-corrected chi connectivity index (χ3v) is 3.54. The number of aromatic nitrogens is 3. The average molecular weight is 376 g/mol. The van der Waals surface area contributed by atoms with Crippen LogP contribution in [0.2, 0.25) is 0 Å². The standard InChI is InChI=1S/C18H15F3N4O2/c19-18(20,21)12-27-15-8-7-14(11-22-15)24-17(26)16(25-10-4-9-23-25)13-5-2-1-3-6-13/h1-11,16H,12H2,(H,24,26). The Morgan fingerprint density at radius 2 is 1.93 bits per heavy atom. The highest BCUT2D eigenvalue weighted by molar-refractivity contribution is 5.95. The molecule has 6 nitrogen and oxygen atoms in total. The number of nitrogens with one attached hydrogen (secondary N) is 1. The molecule has 0 aliphatic rings. The first kappa shape index (κ1) is 18.4. The third-order valence-electron chi connectivity index (χ3n) is 3.54. The normalized spacial score (nSPS) is 12.4. The zero-order valence-electron chi connectivity index (χ0n) is 13.9. The Kier molecular flexibility index (Phi) is 5.39.